The van der Waals surface area contributed by atoms with Crippen LogP contribution in [0.2, 0.25) is 0 Å². The summed E-state index contributed by atoms with van der Waals surface area (Å²) < 4.78 is 19.1. The third kappa shape index (κ3) is 2.10. The minimum Gasteiger partial charge on any atom is -0.493 e. The van der Waals surface area contributed by atoms with Gasteiger partial charge in [0.1, 0.15) is 11.6 Å². The summed E-state index contributed by atoms with van der Waals surface area (Å²) in [6.45, 7) is 3.12. The summed E-state index contributed by atoms with van der Waals surface area (Å²) in [6, 6.07) is 8.96. The van der Waals surface area contributed by atoms with E-state index in [1.807, 2.05) is 13.0 Å². The number of hydrogen-bond donors (Lipinski definition) is 1. The molecule has 1 heterocycles. The topological polar surface area (TPSA) is 35.2 Å². The molecule has 2 aromatic rings. The minimum atomic E-state index is -0.216. The zero-order valence-electron chi connectivity index (χ0n) is 10.9. The fourth-order valence-corrected chi connectivity index (χ4v) is 2.60. The summed E-state index contributed by atoms with van der Waals surface area (Å²) >= 11 is 0. The summed E-state index contributed by atoms with van der Waals surface area (Å²) in [7, 11) is 0. The fourth-order valence-electron chi connectivity index (χ4n) is 2.60. The normalized spacial score (nSPS) is 13.2. The van der Waals surface area contributed by atoms with Gasteiger partial charge >= 0.3 is 0 Å². The number of rotatable bonds is 2. The first kappa shape index (κ1) is 12.2. The predicted octanol–water partition coefficient (Wildman–Crippen LogP) is 3.19. The second-order valence-corrected chi connectivity index (χ2v) is 4.89. The molecule has 3 rings (SSSR count). The second-order valence-electron chi connectivity index (χ2n) is 4.89. The van der Waals surface area contributed by atoms with E-state index in [2.05, 4.69) is 6.07 Å². The highest BCUT2D eigenvalue weighted by Crippen LogP contribution is 2.35. The zero-order valence-corrected chi connectivity index (χ0v) is 10.9. The number of halogens is 1. The van der Waals surface area contributed by atoms with Gasteiger partial charge in [-0.05, 0) is 53.4 Å². The van der Waals surface area contributed by atoms with Gasteiger partial charge in [0.25, 0.3) is 0 Å². The van der Waals surface area contributed by atoms with Gasteiger partial charge in [-0.1, -0.05) is 6.07 Å². The van der Waals surface area contributed by atoms with Gasteiger partial charge in [0.15, 0.2) is 0 Å². The van der Waals surface area contributed by atoms with Crippen LogP contribution >= 0.6 is 0 Å². The van der Waals surface area contributed by atoms with Crippen molar-refractivity contribution in [1.29, 1.82) is 0 Å². The van der Waals surface area contributed by atoms with E-state index in [0.717, 1.165) is 34.4 Å². The second kappa shape index (κ2) is 4.67. The van der Waals surface area contributed by atoms with Crippen molar-refractivity contribution in [2.75, 3.05) is 6.61 Å². The van der Waals surface area contributed by atoms with Crippen molar-refractivity contribution in [3.63, 3.8) is 0 Å². The fraction of sp³-hybridized carbons (Fsp3) is 0.250. The van der Waals surface area contributed by atoms with E-state index in [4.69, 9.17) is 10.5 Å². The molecule has 0 saturated carbocycles. The van der Waals surface area contributed by atoms with Gasteiger partial charge in [0.05, 0.1) is 6.61 Å². The van der Waals surface area contributed by atoms with E-state index in [1.165, 1.54) is 11.6 Å². The maximum atomic E-state index is 13.4. The Morgan fingerprint density at radius 1 is 1.26 bits per heavy atom. The highest BCUT2D eigenvalue weighted by atomic mass is 19.1. The van der Waals surface area contributed by atoms with E-state index >= 15 is 0 Å². The molecule has 1 aliphatic heterocycles. The van der Waals surface area contributed by atoms with Crippen LogP contribution in [0.4, 0.5) is 4.39 Å². The first-order valence-electron chi connectivity index (χ1n) is 6.44. The Balaban J connectivity index is 2.18. The number of hydrogen-bond acceptors (Lipinski definition) is 2. The van der Waals surface area contributed by atoms with Gasteiger partial charge in [-0.25, -0.2) is 4.39 Å². The molecule has 0 spiro atoms. The highest BCUT2D eigenvalue weighted by molar-refractivity contribution is 5.71. The molecule has 0 radical (unpaired) electrons. The van der Waals surface area contributed by atoms with Crippen LogP contribution in [0, 0.1) is 12.7 Å². The lowest BCUT2D eigenvalue weighted by Crippen LogP contribution is -2.00. The predicted molar refractivity (Wildman–Crippen MR) is 73.7 cm³/mol. The van der Waals surface area contributed by atoms with E-state index in [9.17, 15) is 4.39 Å². The van der Waals surface area contributed by atoms with Crippen molar-refractivity contribution in [3.8, 4) is 16.9 Å². The lowest BCUT2D eigenvalue weighted by atomic mass is 9.95. The van der Waals surface area contributed by atoms with Crippen molar-refractivity contribution in [3.05, 3.63) is 52.8 Å². The standard InChI is InChI=1S/C16H16FNO/c1-10-2-3-14(17)8-15(10)12-6-11-4-5-19-16(11)13(7-12)9-18/h2-3,6-8H,4-5,9,18H2,1H3. The van der Waals surface area contributed by atoms with Gasteiger partial charge < -0.3 is 10.5 Å². The molecule has 0 fully saturated rings. The maximum absolute atomic E-state index is 13.4. The number of benzene rings is 2. The maximum Gasteiger partial charge on any atom is 0.127 e. The average molecular weight is 257 g/mol. The van der Waals surface area contributed by atoms with Crippen LogP contribution in [0.15, 0.2) is 30.3 Å². The number of fused-ring (bicyclic) bond motifs is 1. The van der Waals surface area contributed by atoms with E-state index in [0.29, 0.717) is 13.2 Å². The van der Waals surface area contributed by atoms with Crippen LogP contribution in [0.5, 0.6) is 5.75 Å². The molecule has 1 aliphatic rings. The SMILES string of the molecule is Cc1ccc(F)cc1-c1cc(CN)c2c(c1)CCO2. The van der Waals surface area contributed by atoms with E-state index in [-0.39, 0.29) is 5.82 Å². The first-order chi connectivity index (χ1) is 9.19. The molecule has 0 aliphatic carbocycles. The molecule has 0 bridgehead atoms. The molecule has 3 heteroatoms. The van der Waals surface area contributed by atoms with Crippen LogP contribution in [0.1, 0.15) is 16.7 Å². The molecule has 0 aromatic heterocycles. The number of ether oxygens (including phenoxy) is 1. The summed E-state index contributed by atoms with van der Waals surface area (Å²) in [6.07, 6.45) is 0.893. The molecular formula is C16H16FNO. The van der Waals surface area contributed by atoms with Crippen LogP contribution in [0.25, 0.3) is 11.1 Å². The van der Waals surface area contributed by atoms with Crippen molar-refractivity contribution in [2.24, 2.45) is 5.73 Å². The third-order valence-corrected chi connectivity index (χ3v) is 3.59. The van der Waals surface area contributed by atoms with Crippen LogP contribution in [-0.2, 0) is 13.0 Å². The molecule has 0 atom stereocenters. The minimum absolute atomic E-state index is 0.216. The largest absolute Gasteiger partial charge is 0.493 e. The molecule has 2 nitrogen and oxygen atoms in total. The Morgan fingerprint density at radius 3 is 2.89 bits per heavy atom. The summed E-state index contributed by atoms with van der Waals surface area (Å²) in [5, 5.41) is 0. The Labute approximate surface area is 112 Å². The molecule has 0 amide bonds. The summed E-state index contributed by atoms with van der Waals surface area (Å²) in [5.41, 5.74) is 10.9. The van der Waals surface area contributed by atoms with Crippen molar-refractivity contribution < 1.29 is 9.13 Å². The molecular weight excluding hydrogens is 241 g/mol. The summed E-state index contributed by atoms with van der Waals surface area (Å²) in [4.78, 5) is 0. The lowest BCUT2D eigenvalue weighted by Gasteiger charge is -2.12. The molecule has 2 N–H and O–H groups in total. The van der Waals surface area contributed by atoms with E-state index in [1.54, 1.807) is 12.1 Å². The Kier molecular flexibility index (Phi) is 2.99. The van der Waals surface area contributed by atoms with Gasteiger partial charge in [-0.2, -0.15) is 0 Å². The van der Waals surface area contributed by atoms with Crippen LogP contribution < -0.4 is 10.5 Å². The van der Waals surface area contributed by atoms with E-state index < -0.39 is 0 Å². The van der Waals surface area contributed by atoms with Gasteiger partial charge in [-0.3, -0.25) is 0 Å². The quantitative estimate of drug-likeness (QED) is 0.896. The average Bonchev–Trinajstić information content (AvgIpc) is 2.88. The number of aryl methyl sites for hydroxylation is 1. The molecule has 98 valence electrons. The van der Waals surface area contributed by atoms with Crippen molar-refractivity contribution in [2.45, 2.75) is 19.9 Å². The lowest BCUT2D eigenvalue weighted by molar-refractivity contribution is 0.353. The Hall–Kier alpha value is -1.87. The third-order valence-electron chi connectivity index (χ3n) is 3.59. The number of nitrogens with two attached hydrogens (primary N) is 1. The molecule has 2 aromatic carbocycles. The zero-order chi connectivity index (χ0) is 13.4. The highest BCUT2D eigenvalue weighted by Gasteiger charge is 2.18. The monoisotopic (exact) mass is 257 g/mol. The molecule has 19 heavy (non-hydrogen) atoms. The van der Waals surface area contributed by atoms with Crippen LogP contribution in [-0.4, -0.2) is 6.61 Å². The van der Waals surface area contributed by atoms with Crippen molar-refractivity contribution in [1.82, 2.24) is 0 Å². The van der Waals surface area contributed by atoms with Gasteiger partial charge in [0.2, 0.25) is 0 Å². The van der Waals surface area contributed by atoms with Gasteiger partial charge in [0, 0.05) is 18.5 Å². The Morgan fingerprint density at radius 2 is 2.11 bits per heavy atom. The first-order valence-corrected chi connectivity index (χ1v) is 6.44. The summed E-state index contributed by atoms with van der Waals surface area (Å²) in [5.74, 6) is 0.701. The Bertz CT molecular complexity index is 637. The molecule has 0 saturated heterocycles. The van der Waals surface area contributed by atoms with Crippen LogP contribution in [0.3, 0.4) is 0 Å². The smallest absolute Gasteiger partial charge is 0.127 e. The van der Waals surface area contributed by atoms with Gasteiger partial charge in [-0.15, -0.1) is 0 Å². The van der Waals surface area contributed by atoms with Crippen molar-refractivity contribution >= 4 is 0 Å². The molecule has 0 unspecified atom stereocenters.